The van der Waals surface area contributed by atoms with E-state index in [4.69, 9.17) is 19.2 Å². The molecule has 0 unspecified atom stereocenters. The molecule has 0 bridgehead atoms. The molecule has 0 fully saturated rings. The van der Waals surface area contributed by atoms with Crippen molar-refractivity contribution >= 4 is 5.96 Å². The Morgan fingerprint density at radius 3 is 2.81 bits per heavy atom. The van der Waals surface area contributed by atoms with Crippen molar-refractivity contribution in [3.63, 3.8) is 0 Å². The number of ether oxygens (including phenoxy) is 2. The second kappa shape index (κ2) is 7.06. The fourth-order valence-corrected chi connectivity index (χ4v) is 2.27. The van der Waals surface area contributed by atoms with Crippen molar-refractivity contribution in [2.24, 2.45) is 4.99 Å². The van der Waals surface area contributed by atoms with Crippen molar-refractivity contribution in [1.82, 2.24) is 15.2 Å². The van der Waals surface area contributed by atoms with E-state index in [-0.39, 0.29) is 0 Å². The second-order valence-electron chi connectivity index (χ2n) is 4.48. The van der Waals surface area contributed by atoms with Crippen LogP contribution in [0.5, 0.6) is 0 Å². The van der Waals surface area contributed by atoms with Crippen molar-refractivity contribution in [3.05, 3.63) is 18.4 Å². The molecule has 0 saturated heterocycles. The molecule has 8 nitrogen and oxygen atoms in total. The van der Waals surface area contributed by atoms with Crippen LogP contribution in [0.15, 0.2) is 22.0 Å². The largest absolute Gasteiger partial charge is 0.447 e. The van der Waals surface area contributed by atoms with Crippen LogP contribution < -0.4 is 5.32 Å². The highest BCUT2D eigenvalue weighted by Crippen LogP contribution is 2.22. The number of rotatable bonds is 6. The number of hydrogen-bond donors (Lipinski definition) is 1. The molecule has 1 aromatic heterocycles. The Morgan fingerprint density at radius 2 is 2.24 bits per heavy atom. The smallest absolute Gasteiger partial charge is 0.208 e. The van der Waals surface area contributed by atoms with Crippen LogP contribution in [0, 0.1) is 11.5 Å². The van der Waals surface area contributed by atoms with Crippen LogP contribution in [-0.4, -0.2) is 47.9 Å². The average molecular weight is 293 g/mol. The Labute approximate surface area is 123 Å². The number of guanidine groups is 1. The molecule has 21 heavy (non-hydrogen) atoms. The van der Waals surface area contributed by atoms with Crippen LogP contribution in [-0.2, 0) is 16.0 Å². The zero-order valence-electron chi connectivity index (χ0n) is 12.2. The van der Waals surface area contributed by atoms with E-state index in [2.05, 4.69) is 15.3 Å². The lowest BCUT2D eigenvalue weighted by Gasteiger charge is -2.40. The van der Waals surface area contributed by atoms with Gasteiger partial charge in [-0.1, -0.05) is 0 Å². The molecule has 1 N–H and O–H groups in total. The minimum atomic E-state index is -0.801. The van der Waals surface area contributed by atoms with Gasteiger partial charge in [-0.25, -0.2) is 9.98 Å². The summed E-state index contributed by atoms with van der Waals surface area (Å²) in [6, 6.07) is 0. The number of hydrogen-bond acceptors (Lipinski definition) is 8. The van der Waals surface area contributed by atoms with E-state index < -0.39 is 5.79 Å². The quantitative estimate of drug-likeness (QED) is 0.468. The summed E-state index contributed by atoms with van der Waals surface area (Å²) in [7, 11) is 0. The highest BCUT2D eigenvalue weighted by Gasteiger charge is 2.38. The van der Waals surface area contributed by atoms with Gasteiger partial charge in [-0.3, -0.25) is 5.32 Å². The van der Waals surface area contributed by atoms with Gasteiger partial charge in [0.25, 0.3) is 0 Å². The van der Waals surface area contributed by atoms with Crippen LogP contribution in [0.2, 0.25) is 0 Å². The predicted octanol–water partition coefficient (Wildman–Crippen LogP) is 0.686. The lowest BCUT2D eigenvalue weighted by Crippen LogP contribution is -2.57. The third-order valence-corrected chi connectivity index (χ3v) is 3.01. The number of nitrogens with one attached hydrogen (secondary N) is 1. The van der Waals surface area contributed by atoms with Gasteiger partial charge in [-0.15, -0.1) is 0 Å². The Kier molecular flexibility index (Phi) is 5.14. The van der Waals surface area contributed by atoms with Crippen molar-refractivity contribution in [3.8, 4) is 6.19 Å². The molecule has 0 radical (unpaired) electrons. The third kappa shape index (κ3) is 3.71. The van der Waals surface area contributed by atoms with Crippen molar-refractivity contribution < 1.29 is 13.9 Å². The summed E-state index contributed by atoms with van der Waals surface area (Å²) in [5.74, 6) is 0.347. The van der Waals surface area contributed by atoms with E-state index in [1.165, 1.54) is 6.39 Å². The number of aliphatic imine (C=N–C) groups is 1. The summed E-state index contributed by atoms with van der Waals surface area (Å²) in [5, 5.41) is 11.4. The van der Waals surface area contributed by atoms with Crippen LogP contribution >= 0.6 is 0 Å². The molecule has 8 heteroatoms. The lowest BCUT2D eigenvalue weighted by molar-refractivity contribution is -0.234. The Balaban J connectivity index is 2.18. The molecular weight excluding hydrogens is 274 g/mol. The second-order valence-corrected chi connectivity index (χ2v) is 4.48. The number of aromatic nitrogens is 1. The summed E-state index contributed by atoms with van der Waals surface area (Å²) in [6.07, 6.45) is 4.88. The Bertz CT molecular complexity index is 502. The van der Waals surface area contributed by atoms with Gasteiger partial charge in [0.2, 0.25) is 11.7 Å². The average Bonchev–Trinajstić information content (AvgIpc) is 2.96. The van der Waals surface area contributed by atoms with Gasteiger partial charge in [-0.05, 0) is 13.8 Å². The van der Waals surface area contributed by atoms with Crippen molar-refractivity contribution in [2.75, 3.05) is 26.3 Å². The van der Waals surface area contributed by atoms with Gasteiger partial charge in [0.05, 0.1) is 25.8 Å². The van der Waals surface area contributed by atoms with Crippen LogP contribution in [0.25, 0.3) is 0 Å². The number of oxazole rings is 1. The first-order chi connectivity index (χ1) is 10.2. The number of nitriles is 1. The monoisotopic (exact) mass is 293 g/mol. The first kappa shape index (κ1) is 15.3. The minimum Gasteiger partial charge on any atom is -0.447 e. The molecule has 0 aromatic carbocycles. The molecule has 1 aliphatic heterocycles. The van der Waals surface area contributed by atoms with Gasteiger partial charge in [-0.2, -0.15) is 5.26 Å². The maximum Gasteiger partial charge on any atom is 0.208 e. The molecule has 2 rings (SSSR count). The summed E-state index contributed by atoms with van der Waals surface area (Å²) in [6.45, 7) is 6.08. The molecular formula is C13H19N5O3. The molecule has 0 aliphatic carbocycles. The molecule has 0 spiro atoms. The first-order valence-electron chi connectivity index (χ1n) is 6.82. The van der Waals surface area contributed by atoms with Crippen LogP contribution in [0.1, 0.15) is 19.6 Å². The highest BCUT2D eigenvalue weighted by atomic mass is 16.7. The molecule has 0 atom stereocenters. The van der Waals surface area contributed by atoms with Crippen molar-refractivity contribution in [2.45, 2.75) is 26.2 Å². The molecule has 0 saturated carbocycles. The standard InChI is InChI=1S/C13H19N5O3/c1-3-20-13(21-4-2)7-16-12(17-9-14)18(8-13)6-11-5-15-10-19-11/h5,10H,3-4,6-8H2,1-2H3,(H,16,17). The Hall–Kier alpha value is -2.11. The minimum absolute atomic E-state index is 0.339. The van der Waals surface area contributed by atoms with Gasteiger partial charge in [0.15, 0.2) is 12.6 Å². The SMILES string of the molecule is CCOC1(OCC)CN=C(NC#N)N(Cc2cnco2)C1. The first-order valence-corrected chi connectivity index (χ1v) is 6.82. The van der Waals surface area contributed by atoms with E-state index in [1.807, 2.05) is 24.9 Å². The molecule has 1 aromatic rings. The van der Waals surface area contributed by atoms with Gasteiger partial charge in [0.1, 0.15) is 5.76 Å². The van der Waals surface area contributed by atoms with E-state index in [9.17, 15) is 0 Å². The van der Waals surface area contributed by atoms with E-state index in [1.54, 1.807) is 6.20 Å². The van der Waals surface area contributed by atoms with Crippen LogP contribution in [0.4, 0.5) is 0 Å². The highest BCUT2D eigenvalue weighted by molar-refractivity contribution is 5.82. The zero-order chi connectivity index (χ0) is 15.1. The van der Waals surface area contributed by atoms with E-state index >= 15 is 0 Å². The summed E-state index contributed by atoms with van der Waals surface area (Å²) < 4.78 is 16.8. The van der Waals surface area contributed by atoms with E-state index in [0.29, 0.717) is 44.6 Å². The van der Waals surface area contributed by atoms with Gasteiger partial charge in [0, 0.05) is 13.2 Å². The predicted molar refractivity (Wildman–Crippen MR) is 73.9 cm³/mol. The maximum absolute atomic E-state index is 8.83. The van der Waals surface area contributed by atoms with Crippen molar-refractivity contribution in [1.29, 1.82) is 5.26 Å². The van der Waals surface area contributed by atoms with Gasteiger partial charge >= 0.3 is 0 Å². The third-order valence-electron chi connectivity index (χ3n) is 3.01. The topological polar surface area (TPSA) is 95.9 Å². The zero-order valence-corrected chi connectivity index (χ0v) is 12.2. The summed E-state index contributed by atoms with van der Waals surface area (Å²) >= 11 is 0. The molecule has 1 aliphatic rings. The lowest BCUT2D eigenvalue weighted by atomic mass is 10.2. The molecule has 2 heterocycles. The normalized spacial score (nSPS) is 17.2. The number of nitrogens with zero attached hydrogens (tertiary/aromatic N) is 4. The summed E-state index contributed by atoms with van der Waals surface area (Å²) in [5.41, 5.74) is 0. The van der Waals surface area contributed by atoms with Gasteiger partial charge < -0.3 is 18.8 Å². The van der Waals surface area contributed by atoms with E-state index in [0.717, 1.165) is 0 Å². The summed E-state index contributed by atoms with van der Waals surface area (Å²) in [4.78, 5) is 10.1. The van der Waals surface area contributed by atoms with Crippen LogP contribution in [0.3, 0.4) is 0 Å². The fraction of sp³-hybridized carbons (Fsp3) is 0.615. The Morgan fingerprint density at radius 1 is 1.48 bits per heavy atom. The molecule has 114 valence electrons. The maximum atomic E-state index is 8.83. The fourth-order valence-electron chi connectivity index (χ4n) is 2.27. The molecule has 0 amide bonds.